The molecule has 0 aliphatic heterocycles. The van der Waals surface area contributed by atoms with Crippen molar-refractivity contribution < 1.29 is 0 Å². The Morgan fingerprint density at radius 2 is 1.92 bits per heavy atom. The second-order valence-electron chi connectivity index (χ2n) is 6.61. The number of aromatic amines is 1. The summed E-state index contributed by atoms with van der Waals surface area (Å²) >= 11 is 1.79. The third kappa shape index (κ3) is 2.90. The van der Waals surface area contributed by atoms with Gasteiger partial charge in [0.1, 0.15) is 0 Å². The minimum absolute atomic E-state index is 0.539. The molecule has 0 unspecified atom stereocenters. The van der Waals surface area contributed by atoms with Crippen molar-refractivity contribution in [1.82, 2.24) is 24.7 Å². The summed E-state index contributed by atoms with van der Waals surface area (Å²) in [5.74, 6) is 1.97. The van der Waals surface area contributed by atoms with E-state index in [4.69, 9.17) is 0 Å². The highest BCUT2D eigenvalue weighted by Gasteiger charge is 2.30. The lowest BCUT2D eigenvalue weighted by molar-refractivity contribution is 0.669. The zero-order chi connectivity index (χ0) is 17.3. The van der Waals surface area contributed by atoms with E-state index in [9.17, 15) is 0 Å². The largest absolute Gasteiger partial charge is 0.360 e. The fourth-order valence-corrected chi connectivity index (χ4v) is 4.28. The number of rotatable bonds is 6. The lowest BCUT2D eigenvalue weighted by Crippen LogP contribution is -2.00. The number of nitrogens with one attached hydrogen (secondary N) is 1. The first-order chi connectivity index (χ1) is 12.9. The average Bonchev–Trinajstić information content (AvgIpc) is 3.30. The van der Waals surface area contributed by atoms with E-state index in [2.05, 4.69) is 67.3 Å². The van der Waals surface area contributed by atoms with Gasteiger partial charge in [-0.2, -0.15) is 0 Å². The van der Waals surface area contributed by atoms with Crippen molar-refractivity contribution in [3.05, 3.63) is 60.6 Å². The molecule has 6 heteroatoms. The molecule has 0 atom stereocenters. The van der Waals surface area contributed by atoms with Gasteiger partial charge in [-0.3, -0.25) is 9.55 Å². The second-order valence-corrected chi connectivity index (χ2v) is 7.67. The fourth-order valence-electron chi connectivity index (χ4n) is 3.29. The molecule has 3 aromatic heterocycles. The lowest BCUT2D eigenvalue weighted by Gasteiger charge is -2.08. The van der Waals surface area contributed by atoms with Crippen molar-refractivity contribution in [1.29, 1.82) is 0 Å². The molecule has 130 valence electrons. The maximum absolute atomic E-state index is 4.56. The lowest BCUT2D eigenvalue weighted by atomic mass is 10.1. The molecule has 0 radical (unpaired) electrons. The number of aryl methyl sites for hydroxylation is 1. The Bertz CT molecular complexity index is 1030. The van der Waals surface area contributed by atoms with Gasteiger partial charge in [0.25, 0.3) is 0 Å². The first kappa shape index (κ1) is 15.6. The minimum atomic E-state index is 0.539. The van der Waals surface area contributed by atoms with Crippen LogP contribution in [0.3, 0.4) is 0 Å². The molecule has 1 aliphatic rings. The number of fused-ring (bicyclic) bond motifs is 1. The van der Waals surface area contributed by atoms with E-state index >= 15 is 0 Å². The Hall–Kier alpha value is -2.60. The topological polar surface area (TPSA) is 59.4 Å². The molecule has 26 heavy (non-hydrogen) atoms. The van der Waals surface area contributed by atoms with Gasteiger partial charge in [-0.15, -0.1) is 10.2 Å². The zero-order valence-electron chi connectivity index (χ0n) is 14.3. The van der Waals surface area contributed by atoms with Crippen LogP contribution in [0.4, 0.5) is 0 Å². The van der Waals surface area contributed by atoms with Gasteiger partial charge in [0.2, 0.25) is 0 Å². The monoisotopic (exact) mass is 361 g/mol. The summed E-state index contributed by atoms with van der Waals surface area (Å²) in [5.41, 5.74) is 3.59. The van der Waals surface area contributed by atoms with Crippen LogP contribution in [0.25, 0.3) is 22.3 Å². The van der Waals surface area contributed by atoms with Crippen LogP contribution in [0.1, 0.15) is 24.4 Å². The van der Waals surface area contributed by atoms with Gasteiger partial charge in [0, 0.05) is 46.9 Å². The van der Waals surface area contributed by atoms with Crippen LogP contribution < -0.4 is 0 Å². The molecule has 5 rings (SSSR count). The molecule has 5 nitrogen and oxygen atoms in total. The minimum Gasteiger partial charge on any atom is -0.360 e. The fraction of sp³-hybridized carbons (Fsp3) is 0.250. The number of hydrogen-bond donors (Lipinski definition) is 1. The Kier molecular flexibility index (Phi) is 3.97. The van der Waals surface area contributed by atoms with E-state index in [1.165, 1.54) is 23.8 Å². The van der Waals surface area contributed by atoms with Crippen molar-refractivity contribution in [2.45, 2.75) is 30.5 Å². The van der Waals surface area contributed by atoms with Crippen molar-refractivity contribution in [2.24, 2.45) is 0 Å². The van der Waals surface area contributed by atoms with Crippen LogP contribution in [-0.4, -0.2) is 30.5 Å². The number of aromatic nitrogens is 5. The first-order valence-corrected chi connectivity index (χ1v) is 9.92. The normalized spacial score (nSPS) is 14.2. The van der Waals surface area contributed by atoms with Crippen LogP contribution >= 0.6 is 11.8 Å². The van der Waals surface area contributed by atoms with Gasteiger partial charge < -0.3 is 4.98 Å². The molecule has 1 saturated carbocycles. The van der Waals surface area contributed by atoms with Gasteiger partial charge >= 0.3 is 0 Å². The summed E-state index contributed by atoms with van der Waals surface area (Å²) in [5, 5.41) is 11.3. The molecule has 1 fully saturated rings. The third-order valence-corrected chi connectivity index (χ3v) is 5.72. The van der Waals surface area contributed by atoms with Crippen LogP contribution in [0.15, 0.2) is 60.1 Å². The van der Waals surface area contributed by atoms with Crippen LogP contribution in [0, 0.1) is 0 Å². The Morgan fingerprint density at radius 3 is 2.77 bits per heavy atom. The molecule has 1 N–H and O–H groups in total. The quantitative estimate of drug-likeness (QED) is 0.514. The van der Waals surface area contributed by atoms with Gasteiger partial charge in [-0.05, 0) is 43.0 Å². The molecule has 0 bridgehead atoms. The summed E-state index contributed by atoms with van der Waals surface area (Å²) in [6.45, 7) is 0. The summed E-state index contributed by atoms with van der Waals surface area (Å²) < 4.78 is 2.34. The van der Waals surface area contributed by atoms with E-state index in [0.717, 1.165) is 34.2 Å². The number of nitrogens with zero attached hydrogens (tertiary/aromatic N) is 4. The van der Waals surface area contributed by atoms with Crippen molar-refractivity contribution in [2.75, 3.05) is 5.75 Å². The summed E-state index contributed by atoms with van der Waals surface area (Å²) in [6, 6.07) is 13.0. The molecule has 0 spiro atoms. The predicted molar refractivity (Wildman–Crippen MR) is 104 cm³/mol. The zero-order valence-corrected chi connectivity index (χ0v) is 15.1. The summed E-state index contributed by atoms with van der Waals surface area (Å²) in [7, 11) is 0. The molecule has 3 heterocycles. The summed E-state index contributed by atoms with van der Waals surface area (Å²) in [6.07, 6.45) is 9.19. The third-order valence-electron chi connectivity index (χ3n) is 4.78. The first-order valence-electron chi connectivity index (χ1n) is 8.93. The standard InChI is InChI=1S/C20H19N5S/c1-2-4-18-16(3-1)17(13-22-18)19-23-24-20(25(19)15-5-6-15)26-12-9-14-7-10-21-11-8-14/h1-4,7-8,10-11,13,15,22H,5-6,9,12H2. The molecule has 1 aromatic carbocycles. The smallest absolute Gasteiger partial charge is 0.191 e. The molecule has 0 amide bonds. The second kappa shape index (κ2) is 6.61. The van der Waals surface area contributed by atoms with Crippen LogP contribution in [0.2, 0.25) is 0 Å². The van der Waals surface area contributed by atoms with Crippen molar-refractivity contribution in [3.63, 3.8) is 0 Å². The molecular weight excluding hydrogens is 342 g/mol. The van der Waals surface area contributed by atoms with Crippen LogP contribution in [-0.2, 0) is 6.42 Å². The number of H-pyrrole nitrogens is 1. The Balaban J connectivity index is 1.43. The van der Waals surface area contributed by atoms with E-state index < -0.39 is 0 Å². The molecule has 4 aromatic rings. The van der Waals surface area contributed by atoms with E-state index in [-0.39, 0.29) is 0 Å². The number of pyridine rings is 1. The predicted octanol–water partition coefficient (Wildman–Crippen LogP) is 4.49. The maximum atomic E-state index is 4.56. The Morgan fingerprint density at radius 1 is 1.08 bits per heavy atom. The van der Waals surface area contributed by atoms with Crippen LogP contribution in [0.5, 0.6) is 0 Å². The number of benzene rings is 1. The van der Waals surface area contributed by atoms with Gasteiger partial charge in [0.05, 0.1) is 0 Å². The molecule has 1 aliphatic carbocycles. The highest BCUT2D eigenvalue weighted by Crippen LogP contribution is 2.42. The van der Waals surface area contributed by atoms with Gasteiger partial charge in [0.15, 0.2) is 11.0 Å². The Labute approximate surface area is 155 Å². The maximum Gasteiger partial charge on any atom is 0.191 e. The number of thioether (sulfide) groups is 1. The van der Waals surface area contributed by atoms with E-state index in [0.29, 0.717) is 6.04 Å². The highest BCUT2D eigenvalue weighted by atomic mass is 32.2. The number of hydrogen-bond acceptors (Lipinski definition) is 4. The van der Waals surface area contributed by atoms with Crippen molar-refractivity contribution >= 4 is 22.7 Å². The van der Waals surface area contributed by atoms with E-state index in [1.807, 2.05) is 12.4 Å². The molecular formula is C20H19N5S. The van der Waals surface area contributed by atoms with E-state index in [1.54, 1.807) is 11.8 Å². The average molecular weight is 361 g/mol. The SMILES string of the molecule is c1ccc2c(-c3nnc(SCCc4ccncc4)n3C3CC3)c[nH]c2c1. The van der Waals surface area contributed by atoms with Gasteiger partial charge in [-0.25, -0.2) is 0 Å². The number of para-hydroxylation sites is 1. The highest BCUT2D eigenvalue weighted by molar-refractivity contribution is 7.99. The summed E-state index contributed by atoms with van der Waals surface area (Å²) in [4.78, 5) is 7.43. The van der Waals surface area contributed by atoms with Crippen molar-refractivity contribution in [3.8, 4) is 11.4 Å². The molecule has 0 saturated heterocycles. The van der Waals surface area contributed by atoms with Gasteiger partial charge in [-0.1, -0.05) is 30.0 Å².